The molecule has 3 nitrogen and oxygen atoms in total. The van der Waals surface area contributed by atoms with Crippen LogP contribution in [0.1, 0.15) is 61.2 Å². The summed E-state index contributed by atoms with van der Waals surface area (Å²) in [6, 6.07) is 8.99. The van der Waals surface area contributed by atoms with Gasteiger partial charge >= 0.3 is 6.11 Å². The first kappa shape index (κ1) is 35.0. The number of alkyl halides is 2. The van der Waals surface area contributed by atoms with Crippen molar-refractivity contribution in [2.75, 3.05) is 13.2 Å². The molecule has 1 heterocycles. The Kier molecular flexibility index (Phi) is 10.8. The van der Waals surface area contributed by atoms with Gasteiger partial charge in [-0.05, 0) is 41.8 Å². The van der Waals surface area contributed by atoms with Crippen molar-refractivity contribution in [1.29, 1.82) is 0 Å². The third kappa shape index (κ3) is 8.04. The fourth-order valence-corrected chi connectivity index (χ4v) is 5.26. The Hall–Kier alpha value is -4.29. The summed E-state index contributed by atoms with van der Waals surface area (Å²) >= 11 is 0. The molecule has 0 unspecified atom stereocenters. The smallest absolute Gasteiger partial charge is 0.429 e. The van der Waals surface area contributed by atoms with Crippen molar-refractivity contribution >= 4 is 12.2 Å². The van der Waals surface area contributed by atoms with Crippen molar-refractivity contribution in [3.8, 4) is 16.9 Å². The van der Waals surface area contributed by atoms with Gasteiger partial charge in [0.25, 0.3) is 0 Å². The number of hydrogen-bond acceptors (Lipinski definition) is 3. The second-order valence-electron chi connectivity index (χ2n) is 11.3. The van der Waals surface area contributed by atoms with E-state index in [0.717, 1.165) is 37.8 Å². The Bertz CT molecular complexity index is 1750. The minimum Gasteiger partial charge on any atom is -0.429 e. The molecule has 1 saturated heterocycles. The molecule has 0 aromatic heterocycles. The Balaban J connectivity index is 1.27. The lowest BCUT2D eigenvalue weighted by Crippen LogP contribution is -2.27. The summed E-state index contributed by atoms with van der Waals surface area (Å²) in [5.41, 5.74) is -1.76. The van der Waals surface area contributed by atoms with E-state index in [2.05, 4.69) is 11.7 Å². The number of unbranched alkanes of at least 4 members (excludes halogenated alkanes) is 2. The van der Waals surface area contributed by atoms with Gasteiger partial charge in [-0.3, -0.25) is 0 Å². The molecule has 0 aliphatic carbocycles. The second kappa shape index (κ2) is 14.9. The molecule has 0 saturated carbocycles. The van der Waals surface area contributed by atoms with E-state index in [1.807, 2.05) is 0 Å². The fraction of sp³-hybridized carbons (Fsp3) is 0.278. The quantitative estimate of drug-likeness (QED) is 0.0683. The van der Waals surface area contributed by atoms with Crippen LogP contribution in [-0.4, -0.2) is 13.2 Å². The summed E-state index contributed by atoms with van der Waals surface area (Å²) in [7, 11) is 0. The van der Waals surface area contributed by atoms with Crippen LogP contribution in [0.3, 0.4) is 0 Å². The zero-order chi connectivity index (χ0) is 34.6. The van der Waals surface area contributed by atoms with Gasteiger partial charge in [-0.2, -0.15) is 8.78 Å². The molecule has 0 atom stereocenters. The van der Waals surface area contributed by atoms with Gasteiger partial charge in [0.1, 0.15) is 34.6 Å². The van der Waals surface area contributed by atoms with Gasteiger partial charge in [0.05, 0.1) is 13.2 Å². The largest absolute Gasteiger partial charge is 0.432 e. The van der Waals surface area contributed by atoms with Gasteiger partial charge in [0.15, 0.2) is 23.7 Å². The molecule has 0 spiro atoms. The molecule has 0 amide bonds. The van der Waals surface area contributed by atoms with Crippen molar-refractivity contribution < 1.29 is 53.7 Å². The molecule has 4 aromatic carbocycles. The maximum Gasteiger partial charge on any atom is 0.432 e. The van der Waals surface area contributed by atoms with E-state index >= 15 is 4.39 Å². The Morgan fingerprint density at radius 2 is 1.40 bits per heavy atom. The molecule has 4 aromatic rings. The fourth-order valence-electron chi connectivity index (χ4n) is 5.26. The lowest BCUT2D eigenvalue weighted by molar-refractivity contribution is -0.206. The standard InChI is InChI=1S/C36H29F9O3/c1-2-3-4-5-21-18-46-35(47-19-21)23-10-9-22(27(37)13-23)8-6-20-7-11-26(28(38)12-20)24-14-29(39)33(30(40)15-24)36(44,45)48-25-16-31(41)34(43)32(42)17-25/h6-17,21,35H,2-5,18-19H2,1H3/b8-6+. The Morgan fingerprint density at radius 1 is 0.729 bits per heavy atom. The number of halogens is 9. The van der Waals surface area contributed by atoms with Gasteiger partial charge in [-0.25, -0.2) is 30.7 Å². The molecule has 12 heteroatoms. The summed E-state index contributed by atoms with van der Waals surface area (Å²) in [5.74, 6) is -11.9. The van der Waals surface area contributed by atoms with Crippen molar-refractivity contribution in [2.45, 2.75) is 45.0 Å². The number of rotatable bonds is 11. The van der Waals surface area contributed by atoms with Gasteiger partial charge < -0.3 is 14.2 Å². The topological polar surface area (TPSA) is 27.7 Å². The third-order valence-electron chi connectivity index (χ3n) is 7.78. The average molecular weight is 681 g/mol. The molecule has 5 rings (SSSR count). The molecular formula is C36H29F9O3. The van der Waals surface area contributed by atoms with Crippen LogP contribution in [0, 0.1) is 46.6 Å². The van der Waals surface area contributed by atoms with E-state index < -0.39 is 70.0 Å². The van der Waals surface area contributed by atoms with E-state index in [-0.39, 0.29) is 28.8 Å². The molecule has 254 valence electrons. The van der Waals surface area contributed by atoms with Gasteiger partial charge in [0, 0.05) is 34.7 Å². The van der Waals surface area contributed by atoms with Crippen molar-refractivity contribution in [3.63, 3.8) is 0 Å². The van der Waals surface area contributed by atoms with Crippen LogP contribution < -0.4 is 4.74 Å². The second-order valence-corrected chi connectivity index (χ2v) is 11.3. The van der Waals surface area contributed by atoms with Crippen molar-refractivity contribution in [2.24, 2.45) is 5.92 Å². The van der Waals surface area contributed by atoms with Crippen molar-refractivity contribution in [1.82, 2.24) is 0 Å². The first-order valence-corrected chi connectivity index (χ1v) is 15.1. The summed E-state index contributed by atoms with van der Waals surface area (Å²) in [4.78, 5) is 0. The summed E-state index contributed by atoms with van der Waals surface area (Å²) in [6.07, 6.45) is 1.69. The summed E-state index contributed by atoms with van der Waals surface area (Å²) < 4.78 is 145. The van der Waals surface area contributed by atoms with E-state index in [0.29, 0.717) is 36.8 Å². The molecule has 1 aliphatic heterocycles. The van der Waals surface area contributed by atoms with E-state index in [1.165, 1.54) is 30.4 Å². The van der Waals surface area contributed by atoms with E-state index in [4.69, 9.17) is 9.47 Å². The van der Waals surface area contributed by atoms with Gasteiger partial charge in [-0.15, -0.1) is 0 Å². The number of hydrogen-bond donors (Lipinski definition) is 0. The van der Waals surface area contributed by atoms with Crippen LogP contribution in [0.2, 0.25) is 0 Å². The van der Waals surface area contributed by atoms with E-state index in [1.54, 1.807) is 6.07 Å². The third-order valence-corrected chi connectivity index (χ3v) is 7.78. The first-order valence-electron chi connectivity index (χ1n) is 15.1. The van der Waals surface area contributed by atoms with Crippen LogP contribution >= 0.6 is 0 Å². The van der Waals surface area contributed by atoms with Crippen molar-refractivity contribution in [3.05, 3.63) is 124 Å². The number of ether oxygens (including phenoxy) is 3. The monoisotopic (exact) mass is 680 g/mol. The molecule has 0 bridgehead atoms. The summed E-state index contributed by atoms with van der Waals surface area (Å²) in [5, 5.41) is 0. The highest BCUT2D eigenvalue weighted by atomic mass is 19.3. The minimum absolute atomic E-state index is 0.0798. The zero-order valence-electron chi connectivity index (χ0n) is 25.5. The highest BCUT2D eigenvalue weighted by Crippen LogP contribution is 2.38. The molecule has 1 fully saturated rings. The SMILES string of the molecule is CCCCCC1COC(c2ccc(/C=C/c3ccc(-c4cc(F)c(C(F)(F)Oc5cc(F)c(F)c(F)c5)c(F)c4)c(F)c3)c(F)c2)OC1. The highest BCUT2D eigenvalue weighted by molar-refractivity contribution is 5.73. The Morgan fingerprint density at radius 3 is 2.00 bits per heavy atom. The molecule has 1 aliphatic rings. The maximum absolute atomic E-state index is 15.1. The normalized spacial score (nSPS) is 16.9. The van der Waals surface area contributed by atoms with Crippen LogP contribution in [0.15, 0.2) is 60.7 Å². The van der Waals surface area contributed by atoms with Gasteiger partial charge in [-0.1, -0.05) is 62.6 Å². The predicted octanol–water partition coefficient (Wildman–Crippen LogP) is 10.9. The molecule has 0 radical (unpaired) electrons. The lowest BCUT2D eigenvalue weighted by atomic mass is 10.00. The van der Waals surface area contributed by atoms with Crippen LogP contribution in [0.5, 0.6) is 5.75 Å². The minimum atomic E-state index is -4.79. The van der Waals surface area contributed by atoms with Gasteiger partial charge in [0.2, 0.25) is 0 Å². The Labute approximate surface area is 270 Å². The lowest BCUT2D eigenvalue weighted by Gasteiger charge is -2.29. The molecule has 0 N–H and O–H groups in total. The molecular weight excluding hydrogens is 651 g/mol. The first-order chi connectivity index (χ1) is 22.9. The predicted molar refractivity (Wildman–Crippen MR) is 160 cm³/mol. The molecule has 48 heavy (non-hydrogen) atoms. The maximum atomic E-state index is 15.1. The highest BCUT2D eigenvalue weighted by Gasteiger charge is 2.41. The summed E-state index contributed by atoms with van der Waals surface area (Å²) in [6.45, 7) is 3.17. The average Bonchev–Trinajstić information content (AvgIpc) is 3.03. The zero-order valence-corrected chi connectivity index (χ0v) is 25.5. The van der Waals surface area contributed by atoms with Crippen LogP contribution in [0.25, 0.3) is 23.3 Å². The van der Waals surface area contributed by atoms with Crippen LogP contribution in [0.4, 0.5) is 39.5 Å². The van der Waals surface area contributed by atoms with Crippen LogP contribution in [-0.2, 0) is 15.6 Å². The number of benzene rings is 4. The van der Waals surface area contributed by atoms with E-state index in [9.17, 15) is 35.1 Å².